The number of nitrogens with one attached hydrogen (secondary N) is 1. The van der Waals surface area contributed by atoms with Crippen LogP contribution < -0.4 is 5.32 Å². The van der Waals surface area contributed by atoms with Crippen LogP contribution >= 0.6 is 0 Å². The third-order valence-electron chi connectivity index (χ3n) is 3.23. The zero-order valence-electron chi connectivity index (χ0n) is 12.3. The normalized spacial score (nSPS) is 10.3. The van der Waals surface area contributed by atoms with E-state index in [9.17, 15) is 4.79 Å². The lowest BCUT2D eigenvalue weighted by molar-refractivity contribution is -0.142. The summed E-state index contributed by atoms with van der Waals surface area (Å²) in [5.74, 6) is -0.152. The van der Waals surface area contributed by atoms with E-state index in [2.05, 4.69) is 29.6 Å². The van der Waals surface area contributed by atoms with Gasteiger partial charge in [-0.05, 0) is 23.6 Å². The minimum absolute atomic E-state index is 0.152. The third-order valence-corrected chi connectivity index (χ3v) is 3.23. The van der Waals surface area contributed by atoms with Gasteiger partial charge in [0, 0.05) is 13.1 Å². The molecule has 2 aromatic rings. The average molecular weight is 283 g/mol. The SMILES string of the molecule is CCOC(=O)CCNCc1ccccc1-c1ccccc1. The Morgan fingerprint density at radius 1 is 1.05 bits per heavy atom. The summed E-state index contributed by atoms with van der Waals surface area (Å²) in [6.45, 7) is 3.63. The predicted octanol–water partition coefficient (Wildman–Crippen LogP) is 3.40. The van der Waals surface area contributed by atoms with Crippen molar-refractivity contribution >= 4 is 5.97 Å². The van der Waals surface area contributed by atoms with E-state index in [4.69, 9.17) is 4.74 Å². The van der Waals surface area contributed by atoms with Gasteiger partial charge in [-0.15, -0.1) is 0 Å². The Morgan fingerprint density at radius 3 is 2.52 bits per heavy atom. The Labute approximate surface area is 126 Å². The maximum Gasteiger partial charge on any atom is 0.307 e. The van der Waals surface area contributed by atoms with Crippen molar-refractivity contribution < 1.29 is 9.53 Å². The fourth-order valence-corrected chi connectivity index (χ4v) is 2.22. The highest BCUT2D eigenvalue weighted by Gasteiger charge is 2.05. The molecular formula is C18H21NO2. The van der Waals surface area contributed by atoms with Crippen molar-refractivity contribution in [3.63, 3.8) is 0 Å². The van der Waals surface area contributed by atoms with Gasteiger partial charge in [-0.2, -0.15) is 0 Å². The second kappa shape index (κ2) is 8.22. The molecule has 3 heteroatoms. The molecule has 2 rings (SSSR count). The van der Waals surface area contributed by atoms with Crippen molar-refractivity contribution in [3.8, 4) is 11.1 Å². The summed E-state index contributed by atoms with van der Waals surface area (Å²) in [5.41, 5.74) is 3.66. The van der Waals surface area contributed by atoms with Gasteiger partial charge in [0.25, 0.3) is 0 Å². The van der Waals surface area contributed by atoms with E-state index < -0.39 is 0 Å². The number of hydrogen-bond acceptors (Lipinski definition) is 3. The minimum atomic E-state index is -0.152. The van der Waals surface area contributed by atoms with Gasteiger partial charge in [0.1, 0.15) is 0 Å². The highest BCUT2D eigenvalue weighted by atomic mass is 16.5. The molecule has 0 aliphatic rings. The summed E-state index contributed by atoms with van der Waals surface area (Å²) >= 11 is 0. The fourth-order valence-electron chi connectivity index (χ4n) is 2.22. The van der Waals surface area contributed by atoms with Crippen LogP contribution in [0.4, 0.5) is 0 Å². The highest BCUT2D eigenvalue weighted by Crippen LogP contribution is 2.23. The number of carbonyl (C=O) groups excluding carboxylic acids is 1. The Hall–Kier alpha value is -2.13. The molecule has 0 fully saturated rings. The van der Waals surface area contributed by atoms with Crippen LogP contribution in [0.25, 0.3) is 11.1 Å². The van der Waals surface area contributed by atoms with Crippen LogP contribution in [0.1, 0.15) is 18.9 Å². The lowest BCUT2D eigenvalue weighted by Crippen LogP contribution is -2.19. The van der Waals surface area contributed by atoms with Crippen LogP contribution in [0.3, 0.4) is 0 Å². The second-order valence-electron chi connectivity index (χ2n) is 4.75. The maximum atomic E-state index is 11.3. The lowest BCUT2D eigenvalue weighted by Gasteiger charge is -2.10. The molecule has 0 saturated heterocycles. The fraction of sp³-hybridized carbons (Fsp3) is 0.278. The molecule has 0 atom stereocenters. The Morgan fingerprint density at radius 2 is 1.76 bits per heavy atom. The van der Waals surface area contributed by atoms with Gasteiger partial charge >= 0.3 is 5.97 Å². The first-order valence-corrected chi connectivity index (χ1v) is 7.31. The maximum absolute atomic E-state index is 11.3. The number of rotatable bonds is 7. The lowest BCUT2D eigenvalue weighted by atomic mass is 10.00. The molecule has 110 valence electrons. The zero-order chi connectivity index (χ0) is 14.9. The van der Waals surface area contributed by atoms with Crippen molar-refractivity contribution in [3.05, 3.63) is 60.2 Å². The van der Waals surface area contributed by atoms with Crippen LogP contribution in [-0.2, 0) is 16.1 Å². The largest absolute Gasteiger partial charge is 0.466 e. The van der Waals surface area contributed by atoms with Crippen molar-refractivity contribution in [2.45, 2.75) is 19.9 Å². The van der Waals surface area contributed by atoms with Gasteiger partial charge in [-0.3, -0.25) is 4.79 Å². The Balaban J connectivity index is 1.94. The van der Waals surface area contributed by atoms with Crippen LogP contribution in [0.5, 0.6) is 0 Å². The predicted molar refractivity (Wildman–Crippen MR) is 84.8 cm³/mol. The van der Waals surface area contributed by atoms with Crippen molar-refractivity contribution in [1.82, 2.24) is 5.32 Å². The number of carbonyl (C=O) groups is 1. The zero-order valence-corrected chi connectivity index (χ0v) is 12.3. The smallest absolute Gasteiger partial charge is 0.307 e. The topological polar surface area (TPSA) is 38.3 Å². The third kappa shape index (κ3) is 4.72. The molecule has 0 heterocycles. The summed E-state index contributed by atoms with van der Waals surface area (Å²) in [7, 11) is 0. The molecule has 0 spiro atoms. The number of benzene rings is 2. The van der Waals surface area contributed by atoms with Gasteiger partial charge in [-0.1, -0.05) is 54.6 Å². The first-order chi connectivity index (χ1) is 10.3. The molecule has 0 radical (unpaired) electrons. The average Bonchev–Trinajstić information content (AvgIpc) is 2.53. The van der Waals surface area contributed by atoms with Gasteiger partial charge in [0.2, 0.25) is 0 Å². The van der Waals surface area contributed by atoms with Gasteiger partial charge < -0.3 is 10.1 Å². The van der Waals surface area contributed by atoms with Crippen LogP contribution in [0.15, 0.2) is 54.6 Å². The Bertz CT molecular complexity index is 566. The summed E-state index contributed by atoms with van der Waals surface area (Å²) in [6, 6.07) is 18.6. The number of esters is 1. The van der Waals surface area contributed by atoms with Crippen LogP contribution in [0.2, 0.25) is 0 Å². The monoisotopic (exact) mass is 283 g/mol. The highest BCUT2D eigenvalue weighted by molar-refractivity contribution is 5.69. The molecule has 0 saturated carbocycles. The number of hydrogen-bond donors (Lipinski definition) is 1. The molecule has 0 amide bonds. The molecule has 0 bridgehead atoms. The molecule has 21 heavy (non-hydrogen) atoms. The molecule has 3 nitrogen and oxygen atoms in total. The summed E-state index contributed by atoms with van der Waals surface area (Å²) in [6.07, 6.45) is 0.404. The quantitative estimate of drug-likeness (QED) is 0.625. The molecule has 0 unspecified atom stereocenters. The summed E-state index contributed by atoms with van der Waals surface area (Å²) in [5, 5.41) is 3.30. The van der Waals surface area contributed by atoms with E-state index in [0.717, 1.165) is 6.54 Å². The van der Waals surface area contributed by atoms with Crippen molar-refractivity contribution in [2.75, 3.05) is 13.2 Å². The standard InChI is InChI=1S/C18H21NO2/c1-2-21-18(20)12-13-19-14-16-10-6-7-11-17(16)15-8-4-3-5-9-15/h3-11,19H,2,12-14H2,1H3. The molecular weight excluding hydrogens is 262 g/mol. The van der Waals surface area contributed by atoms with E-state index in [0.29, 0.717) is 19.6 Å². The van der Waals surface area contributed by atoms with E-state index >= 15 is 0 Å². The summed E-state index contributed by atoms with van der Waals surface area (Å²) < 4.78 is 4.91. The van der Waals surface area contributed by atoms with Gasteiger partial charge in [0.05, 0.1) is 13.0 Å². The van der Waals surface area contributed by atoms with E-state index in [-0.39, 0.29) is 5.97 Å². The van der Waals surface area contributed by atoms with Gasteiger partial charge in [0.15, 0.2) is 0 Å². The van der Waals surface area contributed by atoms with Crippen molar-refractivity contribution in [2.24, 2.45) is 0 Å². The number of ether oxygens (including phenoxy) is 1. The van der Waals surface area contributed by atoms with E-state index in [1.165, 1.54) is 16.7 Å². The minimum Gasteiger partial charge on any atom is -0.466 e. The van der Waals surface area contributed by atoms with E-state index in [1.807, 2.05) is 37.3 Å². The van der Waals surface area contributed by atoms with Crippen molar-refractivity contribution in [1.29, 1.82) is 0 Å². The van der Waals surface area contributed by atoms with Crippen LogP contribution in [-0.4, -0.2) is 19.1 Å². The molecule has 0 aromatic heterocycles. The first-order valence-electron chi connectivity index (χ1n) is 7.31. The first kappa shape index (κ1) is 15.3. The Kier molecular flexibility index (Phi) is 5.98. The van der Waals surface area contributed by atoms with E-state index in [1.54, 1.807) is 0 Å². The molecule has 0 aliphatic heterocycles. The molecule has 0 aliphatic carbocycles. The summed E-state index contributed by atoms with van der Waals surface area (Å²) in [4.78, 5) is 11.3. The molecule has 2 aromatic carbocycles. The molecule has 1 N–H and O–H groups in total. The van der Waals surface area contributed by atoms with Gasteiger partial charge in [-0.25, -0.2) is 0 Å². The van der Waals surface area contributed by atoms with Crippen LogP contribution in [0, 0.1) is 0 Å². The second-order valence-corrected chi connectivity index (χ2v) is 4.75.